The SMILES string of the molecule is C=C.COC1(C)CC(O)OC(C)C1O. The Balaban J connectivity index is 0.000000791. The van der Waals surface area contributed by atoms with E-state index in [1.807, 2.05) is 0 Å². The first-order valence-corrected chi connectivity index (χ1v) is 4.56. The van der Waals surface area contributed by atoms with Crippen LogP contribution < -0.4 is 0 Å². The summed E-state index contributed by atoms with van der Waals surface area (Å²) in [5.74, 6) is 0. The molecule has 84 valence electrons. The van der Waals surface area contributed by atoms with Gasteiger partial charge in [0.25, 0.3) is 0 Å². The molecule has 0 saturated carbocycles. The first-order chi connectivity index (χ1) is 6.49. The van der Waals surface area contributed by atoms with Crippen LogP contribution in [0.15, 0.2) is 13.2 Å². The fourth-order valence-electron chi connectivity index (χ4n) is 1.54. The van der Waals surface area contributed by atoms with E-state index in [0.29, 0.717) is 6.42 Å². The van der Waals surface area contributed by atoms with Crippen LogP contribution in [0.25, 0.3) is 0 Å². The molecule has 0 aromatic heterocycles. The van der Waals surface area contributed by atoms with Crippen LogP contribution in [-0.4, -0.2) is 41.4 Å². The van der Waals surface area contributed by atoms with Crippen molar-refractivity contribution in [3.8, 4) is 0 Å². The molecule has 4 atom stereocenters. The highest BCUT2D eigenvalue weighted by molar-refractivity contribution is 4.91. The molecule has 4 nitrogen and oxygen atoms in total. The van der Waals surface area contributed by atoms with Crippen molar-refractivity contribution in [2.24, 2.45) is 0 Å². The van der Waals surface area contributed by atoms with Crippen molar-refractivity contribution < 1.29 is 19.7 Å². The zero-order valence-corrected chi connectivity index (χ0v) is 9.06. The summed E-state index contributed by atoms with van der Waals surface area (Å²) in [6, 6.07) is 0. The highest BCUT2D eigenvalue weighted by Gasteiger charge is 2.44. The Morgan fingerprint density at radius 1 is 1.43 bits per heavy atom. The van der Waals surface area contributed by atoms with E-state index in [4.69, 9.17) is 9.47 Å². The third kappa shape index (κ3) is 2.78. The van der Waals surface area contributed by atoms with Crippen LogP contribution in [0, 0.1) is 0 Å². The molecule has 14 heavy (non-hydrogen) atoms. The van der Waals surface area contributed by atoms with Gasteiger partial charge in [0.15, 0.2) is 6.29 Å². The molecule has 1 saturated heterocycles. The minimum atomic E-state index is -0.839. The smallest absolute Gasteiger partial charge is 0.157 e. The second-order valence-electron chi connectivity index (χ2n) is 3.46. The molecule has 1 heterocycles. The summed E-state index contributed by atoms with van der Waals surface area (Å²) < 4.78 is 10.2. The van der Waals surface area contributed by atoms with Gasteiger partial charge in [0.05, 0.1) is 11.7 Å². The summed E-state index contributed by atoms with van der Waals surface area (Å²) in [6.07, 6.45) is -1.62. The number of hydrogen-bond acceptors (Lipinski definition) is 4. The van der Waals surface area contributed by atoms with Crippen LogP contribution in [-0.2, 0) is 9.47 Å². The number of aliphatic hydroxyl groups is 2. The van der Waals surface area contributed by atoms with Crippen molar-refractivity contribution in [1.29, 1.82) is 0 Å². The quantitative estimate of drug-likeness (QED) is 0.617. The maximum atomic E-state index is 9.65. The van der Waals surface area contributed by atoms with Gasteiger partial charge in [0, 0.05) is 13.5 Å². The van der Waals surface area contributed by atoms with Crippen LogP contribution in [0.2, 0.25) is 0 Å². The van der Waals surface area contributed by atoms with Crippen molar-refractivity contribution in [3.63, 3.8) is 0 Å². The number of aliphatic hydroxyl groups excluding tert-OH is 2. The molecule has 1 aliphatic rings. The van der Waals surface area contributed by atoms with Gasteiger partial charge in [-0.2, -0.15) is 0 Å². The Kier molecular flexibility index (Phi) is 5.29. The van der Waals surface area contributed by atoms with Crippen LogP contribution >= 0.6 is 0 Å². The number of methoxy groups -OCH3 is 1. The highest BCUT2D eigenvalue weighted by Crippen LogP contribution is 2.30. The fourth-order valence-corrected chi connectivity index (χ4v) is 1.54. The van der Waals surface area contributed by atoms with E-state index in [2.05, 4.69) is 13.2 Å². The molecule has 2 N–H and O–H groups in total. The van der Waals surface area contributed by atoms with Gasteiger partial charge >= 0.3 is 0 Å². The zero-order chi connectivity index (χ0) is 11.4. The van der Waals surface area contributed by atoms with Crippen molar-refractivity contribution in [2.75, 3.05) is 7.11 Å². The Hall–Kier alpha value is -0.420. The Morgan fingerprint density at radius 2 is 1.93 bits per heavy atom. The summed E-state index contributed by atoms with van der Waals surface area (Å²) in [5, 5.41) is 18.9. The molecule has 4 heteroatoms. The topological polar surface area (TPSA) is 58.9 Å². The van der Waals surface area contributed by atoms with Gasteiger partial charge in [0.1, 0.15) is 6.10 Å². The molecule has 0 aliphatic carbocycles. The van der Waals surface area contributed by atoms with Gasteiger partial charge in [0.2, 0.25) is 0 Å². The Bertz CT molecular complexity index is 174. The molecule has 0 radical (unpaired) electrons. The summed E-state index contributed by atoms with van der Waals surface area (Å²) in [4.78, 5) is 0. The first-order valence-electron chi connectivity index (χ1n) is 4.56. The van der Waals surface area contributed by atoms with Crippen LogP contribution in [0.4, 0.5) is 0 Å². The van der Waals surface area contributed by atoms with E-state index in [1.54, 1.807) is 13.8 Å². The summed E-state index contributed by atoms with van der Waals surface area (Å²) in [5.41, 5.74) is -0.697. The van der Waals surface area contributed by atoms with Gasteiger partial charge < -0.3 is 19.7 Å². The summed E-state index contributed by atoms with van der Waals surface area (Å²) in [7, 11) is 1.52. The van der Waals surface area contributed by atoms with Crippen LogP contribution in [0.3, 0.4) is 0 Å². The zero-order valence-electron chi connectivity index (χ0n) is 9.06. The number of hydrogen-bond donors (Lipinski definition) is 2. The van der Waals surface area contributed by atoms with E-state index in [0.717, 1.165) is 0 Å². The predicted octanol–water partition coefficient (Wildman–Crippen LogP) is 0.682. The van der Waals surface area contributed by atoms with E-state index in [9.17, 15) is 10.2 Å². The molecule has 0 aromatic rings. The maximum absolute atomic E-state index is 9.65. The third-order valence-electron chi connectivity index (χ3n) is 2.49. The van der Waals surface area contributed by atoms with Crippen molar-refractivity contribution in [3.05, 3.63) is 13.2 Å². The predicted molar refractivity (Wildman–Crippen MR) is 53.8 cm³/mol. The number of ether oxygens (including phenoxy) is 2. The van der Waals surface area contributed by atoms with E-state index in [-0.39, 0.29) is 0 Å². The average molecular weight is 204 g/mol. The molecule has 1 fully saturated rings. The number of rotatable bonds is 1. The third-order valence-corrected chi connectivity index (χ3v) is 2.49. The van der Waals surface area contributed by atoms with E-state index < -0.39 is 24.1 Å². The largest absolute Gasteiger partial charge is 0.387 e. The summed E-state index contributed by atoms with van der Waals surface area (Å²) >= 11 is 0. The van der Waals surface area contributed by atoms with Crippen molar-refractivity contribution in [2.45, 2.75) is 44.4 Å². The highest BCUT2D eigenvalue weighted by atomic mass is 16.6. The molecule has 4 unspecified atom stereocenters. The van der Waals surface area contributed by atoms with Crippen LogP contribution in [0.5, 0.6) is 0 Å². The first kappa shape index (κ1) is 13.6. The second-order valence-corrected chi connectivity index (χ2v) is 3.46. The summed E-state index contributed by atoms with van der Waals surface area (Å²) in [6.45, 7) is 9.48. The lowest BCUT2D eigenvalue weighted by Gasteiger charge is -2.42. The molecule has 0 aromatic carbocycles. The molecule has 0 bridgehead atoms. The standard InChI is InChI=1S/C8H16O4.C2H4/c1-5-7(10)8(2,11-3)4-6(9)12-5;1-2/h5-7,9-10H,4H2,1-3H3;1-2H2. The minimum Gasteiger partial charge on any atom is -0.387 e. The van der Waals surface area contributed by atoms with Gasteiger partial charge in [-0.3, -0.25) is 0 Å². The van der Waals surface area contributed by atoms with Crippen molar-refractivity contribution >= 4 is 0 Å². The lowest BCUT2D eigenvalue weighted by atomic mass is 9.89. The average Bonchev–Trinajstić information content (AvgIpc) is 2.17. The molecule has 1 rings (SSSR count). The monoisotopic (exact) mass is 204 g/mol. The van der Waals surface area contributed by atoms with Crippen LogP contribution in [0.1, 0.15) is 20.3 Å². The molecule has 0 amide bonds. The maximum Gasteiger partial charge on any atom is 0.157 e. The van der Waals surface area contributed by atoms with Gasteiger partial charge in [-0.25, -0.2) is 0 Å². The normalized spacial score (nSPS) is 42.5. The minimum absolute atomic E-state index is 0.301. The lowest BCUT2D eigenvalue weighted by Crippen LogP contribution is -2.55. The fraction of sp³-hybridized carbons (Fsp3) is 0.800. The van der Waals surface area contributed by atoms with E-state index >= 15 is 0 Å². The molecule has 0 spiro atoms. The van der Waals surface area contributed by atoms with Gasteiger partial charge in [-0.15, -0.1) is 13.2 Å². The van der Waals surface area contributed by atoms with Crippen molar-refractivity contribution in [1.82, 2.24) is 0 Å². The molecule has 1 aliphatic heterocycles. The Morgan fingerprint density at radius 3 is 2.36 bits per heavy atom. The lowest BCUT2D eigenvalue weighted by molar-refractivity contribution is -0.263. The van der Waals surface area contributed by atoms with E-state index in [1.165, 1.54) is 7.11 Å². The molecular weight excluding hydrogens is 184 g/mol. The Labute approximate surface area is 85.1 Å². The molecular formula is C10H20O4. The van der Waals surface area contributed by atoms with Gasteiger partial charge in [-0.05, 0) is 13.8 Å². The van der Waals surface area contributed by atoms with Gasteiger partial charge in [-0.1, -0.05) is 0 Å². The second kappa shape index (κ2) is 5.46.